The molecule has 0 bridgehead atoms. The molecule has 32 heavy (non-hydrogen) atoms. The van der Waals surface area contributed by atoms with E-state index in [1.165, 1.54) is 30.3 Å². The van der Waals surface area contributed by atoms with Crippen LogP contribution in [0.2, 0.25) is 0 Å². The predicted molar refractivity (Wildman–Crippen MR) is 110 cm³/mol. The van der Waals surface area contributed by atoms with Crippen molar-refractivity contribution in [2.24, 2.45) is 0 Å². The largest absolute Gasteiger partial charge is 0.489 e. The molecule has 0 amide bonds. The summed E-state index contributed by atoms with van der Waals surface area (Å²) in [6.45, 7) is 0.000684. The molecule has 0 spiro atoms. The van der Waals surface area contributed by atoms with Crippen LogP contribution in [0, 0.1) is 5.82 Å². The van der Waals surface area contributed by atoms with Crippen LogP contribution in [0.5, 0.6) is 5.75 Å². The third-order valence-electron chi connectivity index (χ3n) is 5.06. The van der Waals surface area contributed by atoms with Crippen LogP contribution in [0.3, 0.4) is 0 Å². The van der Waals surface area contributed by atoms with E-state index in [1.807, 2.05) is 0 Å². The lowest BCUT2D eigenvalue weighted by atomic mass is 10.1. The minimum atomic E-state index is -4.54. The average molecular weight is 443 g/mol. The van der Waals surface area contributed by atoms with Crippen molar-refractivity contribution < 1.29 is 32.2 Å². The van der Waals surface area contributed by atoms with Crippen LogP contribution in [-0.2, 0) is 19.3 Å². The molecule has 0 aliphatic carbocycles. The number of ether oxygens (including phenoxy) is 1. The van der Waals surface area contributed by atoms with Crippen LogP contribution in [0.1, 0.15) is 27.0 Å². The molecule has 0 fully saturated rings. The van der Waals surface area contributed by atoms with Crippen molar-refractivity contribution in [3.8, 4) is 5.75 Å². The minimum Gasteiger partial charge on any atom is -0.489 e. The molecule has 0 radical (unpaired) electrons. The number of aromatic carboxylic acids is 1. The van der Waals surface area contributed by atoms with Gasteiger partial charge in [0.2, 0.25) is 0 Å². The molecule has 0 aliphatic heterocycles. The summed E-state index contributed by atoms with van der Waals surface area (Å²) in [4.78, 5) is 11.5. The number of fused-ring (bicyclic) bond motifs is 1. The van der Waals surface area contributed by atoms with Crippen molar-refractivity contribution >= 4 is 16.9 Å². The van der Waals surface area contributed by atoms with E-state index in [4.69, 9.17) is 4.74 Å². The highest BCUT2D eigenvalue weighted by Gasteiger charge is 2.31. The fourth-order valence-electron chi connectivity index (χ4n) is 3.54. The molecule has 0 unspecified atom stereocenters. The topological polar surface area (TPSA) is 51.5 Å². The first-order valence-electron chi connectivity index (χ1n) is 9.61. The molecular weight excluding hydrogens is 426 g/mol. The van der Waals surface area contributed by atoms with Gasteiger partial charge in [-0.3, -0.25) is 0 Å². The number of carbonyl (C=O) groups is 1. The van der Waals surface area contributed by atoms with Crippen LogP contribution in [-0.4, -0.2) is 15.6 Å². The van der Waals surface area contributed by atoms with Crippen LogP contribution in [0.15, 0.2) is 72.9 Å². The smallest absolute Gasteiger partial charge is 0.416 e. The van der Waals surface area contributed by atoms with E-state index < -0.39 is 23.5 Å². The van der Waals surface area contributed by atoms with Gasteiger partial charge in [-0.25, -0.2) is 9.18 Å². The first kappa shape index (κ1) is 21.4. The molecule has 164 valence electrons. The Bertz CT molecular complexity index is 1290. The summed E-state index contributed by atoms with van der Waals surface area (Å²) in [5.74, 6) is -1.31. The molecule has 1 N–H and O–H groups in total. The summed E-state index contributed by atoms with van der Waals surface area (Å²) in [7, 11) is 0. The summed E-state index contributed by atoms with van der Waals surface area (Å²) < 4.78 is 60.7. The Morgan fingerprint density at radius 3 is 2.50 bits per heavy atom. The molecule has 8 heteroatoms. The van der Waals surface area contributed by atoms with Gasteiger partial charge in [0.1, 0.15) is 18.2 Å². The standard InChI is InChI=1S/C24H17F4NO3/c25-18-4-1-3-15(11-18)14-32-22-8-7-17(24(26,27)28)12-16(22)13-29-10-9-19-20(23(30)31)5-2-6-21(19)29/h1-12H,13-14H2,(H,30,31). The van der Waals surface area contributed by atoms with Gasteiger partial charge in [0.15, 0.2) is 0 Å². The van der Waals surface area contributed by atoms with Crippen molar-refractivity contribution in [1.82, 2.24) is 4.57 Å². The molecule has 0 saturated carbocycles. The van der Waals surface area contributed by atoms with Gasteiger partial charge < -0.3 is 14.4 Å². The third kappa shape index (κ3) is 4.44. The average Bonchev–Trinajstić information content (AvgIpc) is 3.15. The van der Waals surface area contributed by atoms with Gasteiger partial charge in [-0.05, 0) is 54.1 Å². The summed E-state index contributed by atoms with van der Waals surface area (Å²) in [6.07, 6.45) is -2.92. The molecule has 1 aromatic heterocycles. The summed E-state index contributed by atoms with van der Waals surface area (Å²) in [5, 5.41) is 9.85. The van der Waals surface area contributed by atoms with Gasteiger partial charge in [-0.2, -0.15) is 13.2 Å². The number of benzene rings is 3. The molecule has 4 aromatic rings. The maximum atomic E-state index is 13.4. The zero-order chi connectivity index (χ0) is 22.9. The number of alkyl halides is 3. The highest BCUT2D eigenvalue weighted by molar-refractivity contribution is 6.03. The first-order valence-corrected chi connectivity index (χ1v) is 9.61. The SMILES string of the molecule is O=C(O)c1cccc2c1ccn2Cc1cc(C(F)(F)F)ccc1OCc1cccc(F)c1. The Balaban J connectivity index is 1.70. The molecule has 0 saturated heterocycles. The number of aromatic nitrogens is 1. The second-order valence-electron chi connectivity index (χ2n) is 7.23. The van der Waals surface area contributed by atoms with E-state index in [0.29, 0.717) is 16.5 Å². The number of rotatable bonds is 6. The van der Waals surface area contributed by atoms with Crippen LogP contribution >= 0.6 is 0 Å². The Morgan fingerprint density at radius 1 is 1.00 bits per heavy atom. The lowest BCUT2D eigenvalue weighted by molar-refractivity contribution is -0.137. The zero-order valence-corrected chi connectivity index (χ0v) is 16.6. The van der Waals surface area contributed by atoms with Gasteiger partial charge >= 0.3 is 12.1 Å². The molecule has 4 nitrogen and oxygen atoms in total. The van der Waals surface area contributed by atoms with Gasteiger partial charge in [0.25, 0.3) is 0 Å². The van der Waals surface area contributed by atoms with Gasteiger partial charge in [-0.1, -0.05) is 18.2 Å². The van der Waals surface area contributed by atoms with Crippen molar-refractivity contribution in [3.05, 3.63) is 101 Å². The van der Waals surface area contributed by atoms with Gasteiger partial charge in [0, 0.05) is 22.7 Å². The zero-order valence-electron chi connectivity index (χ0n) is 16.6. The lowest BCUT2D eigenvalue weighted by Crippen LogP contribution is -2.09. The van der Waals surface area contributed by atoms with Gasteiger partial charge in [0.05, 0.1) is 17.7 Å². The van der Waals surface area contributed by atoms with E-state index in [1.54, 1.807) is 35.0 Å². The molecule has 1 heterocycles. The van der Waals surface area contributed by atoms with Crippen molar-refractivity contribution in [3.63, 3.8) is 0 Å². The van der Waals surface area contributed by atoms with Crippen molar-refractivity contribution in [1.29, 1.82) is 0 Å². The number of hydrogen-bond acceptors (Lipinski definition) is 2. The van der Waals surface area contributed by atoms with E-state index >= 15 is 0 Å². The Hall–Kier alpha value is -3.81. The van der Waals surface area contributed by atoms with E-state index in [9.17, 15) is 27.5 Å². The quantitative estimate of drug-likeness (QED) is 0.365. The fraction of sp³-hybridized carbons (Fsp3) is 0.125. The minimum absolute atomic E-state index is 0.0221. The molecule has 0 atom stereocenters. The van der Waals surface area contributed by atoms with E-state index in [-0.39, 0.29) is 30.0 Å². The van der Waals surface area contributed by atoms with E-state index in [2.05, 4.69) is 0 Å². The Morgan fingerprint density at radius 2 is 1.78 bits per heavy atom. The molecule has 4 rings (SSSR count). The second-order valence-corrected chi connectivity index (χ2v) is 7.23. The normalized spacial score (nSPS) is 11.6. The van der Waals surface area contributed by atoms with Crippen LogP contribution < -0.4 is 4.74 Å². The lowest BCUT2D eigenvalue weighted by Gasteiger charge is -2.16. The Kier molecular flexibility index (Phi) is 5.61. The maximum absolute atomic E-state index is 13.4. The fourth-order valence-corrected chi connectivity index (χ4v) is 3.54. The highest BCUT2D eigenvalue weighted by atomic mass is 19.4. The summed E-state index contributed by atoms with van der Waals surface area (Å²) >= 11 is 0. The molecular formula is C24H17F4NO3. The summed E-state index contributed by atoms with van der Waals surface area (Å²) in [6, 6.07) is 15.3. The first-order chi connectivity index (χ1) is 15.2. The number of carboxylic acids is 1. The monoisotopic (exact) mass is 443 g/mol. The van der Waals surface area contributed by atoms with E-state index in [0.717, 1.165) is 12.1 Å². The number of hydrogen-bond donors (Lipinski definition) is 1. The van der Waals surface area contributed by atoms with Crippen LogP contribution in [0.25, 0.3) is 10.9 Å². The van der Waals surface area contributed by atoms with Crippen LogP contribution in [0.4, 0.5) is 17.6 Å². The predicted octanol–water partition coefficient (Wildman–Crippen LogP) is 6.12. The highest BCUT2D eigenvalue weighted by Crippen LogP contribution is 2.34. The van der Waals surface area contributed by atoms with Gasteiger partial charge in [-0.15, -0.1) is 0 Å². The second kappa shape index (κ2) is 8.37. The Labute approximate surface area is 180 Å². The maximum Gasteiger partial charge on any atom is 0.416 e. The number of halogens is 4. The molecule has 3 aromatic carbocycles. The van der Waals surface area contributed by atoms with Crippen molar-refractivity contribution in [2.75, 3.05) is 0 Å². The van der Waals surface area contributed by atoms with Crippen molar-refractivity contribution in [2.45, 2.75) is 19.3 Å². The molecule has 0 aliphatic rings. The number of carboxylic acid groups (broad SMARTS) is 1. The number of nitrogens with zero attached hydrogens (tertiary/aromatic N) is 1. The third-order valence-corrected chi connectivity index (χ3v) is 5.06. The summed E-state index contributed by atoms with van der Waals surface area (Å²) in [5.41, 5.74) is 0.641.